The molecule has 67 heavy (non-hydrogen) atoms. The van der Waals surface area contributed by atoms with Crippen LogP contribution in [0.25, 0.3) is 0 Å². The molecule has 1 amide bonds. The van der Waals surface area contributed by atoms with Gasteiger partial charge in [0.25, 0.3) is 0 Å². The van der Waals surface area contributed by atoms with Gasteiger partial charge in [-0.2, -0.15) is 0 Å². The van der Waals surface area contributed by atoms with Gasteiger partial charge in [0.1, 0.15) is 0 Å². The smallest absolute Gasteiger partial charge is 0.220 e. The van der Waals surface area contributed by atoms with Crippen LogP contribution in [0.4, 0.5) is 0 Å². The minimum Gasteiger partial charge on any atom is -0.394 e. The van der Waals surface area contributed by atoms with Crippen molar-refractivity contribution in [1.29, 1.82) is 0 Å². The largest absolute Gasteiger partial charge is 0.394 e. The van der Waals surface area contributed by atoms with Crippen molar-refractivity contribution in [3.63, 3.8) is 0 Å². The minimum atomic E-state index is -0.877. The third kappa shape index (κ3) is 54.4. The molecule has 0 rings (SSSR count). The Morgan fingerprint density at radius 2 is 0.672 bits per heavy atom. The lowest BCUT2D eigenvalue weighted by molar-refractivity contribution is -0.123. The summed E-state index contributed by atoms with van der Waals surface area (Å²) in [5.74, 6) is -0.0808. The van der Waals surface area contributed by atoms with Gasteiger partial charge in [0, 0.05) is 6.42 Å². The number of carbonyl (C=O) groups is 1. The van der Waals surface area contributed by atoms with Crippen molar-refractivity contribution < 1.29 is 15.0 Å². The molecular weight excluding hydrogens is 819 g/mol. The van der Waals surface area contributed by atoms with Crippen molar-refractivity contribution in [3.8, 4) is 0 Å². The number of nitrogens with one attached hydrogen (secondary N) is 1. The van der Waals surface area contributed by atoms with E-state index in [2.05, 4.69) is 92.1 Å². The fourth-order valence-corrected chi connectivity index (χ4v) is 8.67. The van der Waals surface area contributed by atoms with Gasteiger partial charge in [0.2, 0.25) is 5.91 Å². The molecule has 4 nitrogen and oxygen atoms in total. The maximum atomic E-state index is 12.5. The van der Waals surface area contributed by atoms with Crippen LogP contribution in [0.2, 0.25) is 0 Å². The third-order valence-electron chi connectivity index (χ3n) is 13.1. The van der Waals surface area contributed by atoms with E-state index in [4.69, 9.17) is 0 Å². The van der Waals surface area contributed by atoms with E-state index in [1.54, 1.807) is 6.08 Å². The Morgan fingerprint density at radius 1 is 0.373 bits per heavy atom. The van der Waals surface area contributed by atoms with Gasteiger partial charge in [-0.15, -0.1) is 0 Å². The summed E-state index contributed by atoms with van der Waals surface area (Å²) in [4.78, 5) is 12.5. The summed E-state index contributed by atoms with van der Waals surface area (Å²) in [6.07, 6.45) is 84.7. The van der Waals surface area contributed by atoms with Crippen molar-refractivity contribution >= 4 is 5.91 Å². The summed E-state index contributed by atoms with van der Waals surface area (Å²) in [5.41, 5.74) is 0. The first-order valence-corrected chi connectivity index (χ1v) is 29.3. The fourth-order valence-electron chi connectivity index (χ4n) is 8.67. The van der Waals surface area contributed by atoms with Crippen molar-refractivity contribution in [3.05, 3.63) is 85.1 Å². The number of allylic oxidation sites excluding steroid dienone is 13. The fraction of sp³-hybridized carbons (Fsp3) is 0.762. The zero-order valence-corrected chi connectivity index (χ0v) is 44.7. The molecule has 0 aromatic heterocycles. The topological polar surface area (TPSA) is 69.6 Å². The lowest BCUT2D eigenvalue weighted by Crippen LogP contribution is -2.45. The monoisotopic (exact) mass is 932 g/mol. The highest BCUT2D eigenvalue weighted by Crippen LogP contribution is 2.16. The minimum absolute atomic E-state index is 0.0808. The molecule has 0 saturated carbocycles. The summed E-state index contributed by atoms with van der Waals surface area (Å²) in [6.45, 7) is 4.20. The quantitative estimate of drug-likeness (QED) is 0.0420. The molecular formula is C63H113NO3. The molecule has 2 atom stereocenters. The van der Waals surface area contributed by atoms with E-state index >= 15 is 0 Å². The van der Waals surface area contributed by atoms with Gasteiger partial charge in [-0.1, -0.05) is 285 Å². The second kappa shape index (κ2) is 57.9. The Kier molecular flexibility index (Phi) is 55.8. The number of aliphatic hydroxyl groups is 2. The van der Waals surface area contributed by atoms with Gasteiger partial charge in [0.05, 0.1) is 18.8 Å². The van der Waals surface area contributed by atoms with E-state index in [1.807, 2.05) is 6.08 Å². The third-order valence-corrected chi connectivity index (χ3v) is 13.1. The molecule has 0 aromatic carbocycles. The van der Waals surface area contributed by atoms with Crippen molar-refractivity contribution in [2.45, 2.75) is 302 Å². The summed E-state index contributed by atoms with van der Waals surface area (Å²) in [5, 5.41) is 23.2. The number of hydrogen-bond donors (Lipinski definition) is 3. The van der Waals surface area contributed by atoms with Crippen LogP contribution in [0, 0.1) is 0 Å². The predicted octanol–water partition coefficient (Wildman–Crippen LogP) is 19.5. The van der Waals surface area contributed by atoms with Gasteiger partial charge in [0.15, 0.2) is 0 Å². The second-order valence-electron chi connectivity index (χ2n) is 19.7. The Balaban J connectivity index is 3.56. The van der Waals surface area contributed by atoms with E-state index in [0.717, 1.165) is 64.2 Å². The van der Waals surface area contributed by atoms with Crippen molar-refractivity contribution in [2.75, 3.05) is 6.61 Å². The number of aliphatic hydroxyl groups excluding tert-OH is 2. The van der Waals surface area contributed by atoms with Crippen molar-refractivity contribution in [1.82, 2.24) is 5.32 Å². The Morgan fingerprint density at radius 3 is 1.04 bits per heavy atom. The van der Waals surface area contributed by atoms with Gasteiger partial charge in [-0.3, -0.25) is 4.79 Å². The van der Waals surface area contributed by atoms with E-state index in [-0.39, 0.29) is 12.5 Å². The van der Waals surface area contributed by atoms with Gasteiger partial charge >= 0.3 is 0 Å². The van der Waals surface area contributed by atoms with Crippen LogP contribution in [-0.2, 0) is 4.79 Å². The number of carbonyl (C=O) groups excluding carboxylic acids is 1. The molecule has 388 valence electrons. The van der Waals surface area contributed by atoms with E-state index < -0.39 is 12.1 Å². The molecule has 0 aliphatic carbocycles. The van der Waals surface area contributed by atoms with Gasteiger partial charge in [-0.05, 0) is 83.5 Å². The molecule has 0 saturated heterocycles. The summed E-state index contributed by atoms with van der Waals surface area (Å²) in [6, 6.07) is -0.653. The molecule has 2 unspecified atom stereocenters. The molecule has 3 N–H and O–H groups in total. The second-order valence-corrected chi connectivity index (χ2v) is 19.7. The molecule has 0 aliphatic heterocycles. The van der Waals surface area contributed by atoms with Crippen molar-refractivity contribution in [2.24, 2.45) is 0 Å². The van der Waals surface area contributed by atoms with Crippen LogP contribution in [0.3, 0.4) is 0 Å². The highest BCUT2D eigenvalue weighted by molar-refractivity contribution is 5.76. The average molecular weight is 933 g/mol. The molecule has 4 heteroatoms. The Bertz CT molecular complexity index is 1190. The summed E-state index contributed by atoms with van der Waals surface area (Å²) >= 11 is 0. The standard InChI is InChI=1S/C63H113NO3/c1-3-5-7-9-11-13-15-17-19-21-23-25-27-29-30-31-32-33-35-36-38-40-42-44-46-48-50-52-54-56-58-62(66)61(60-65)64-63(67)59-57-55-53-51-49-47-45-43-41-39-37-34-28-26-24-22-20-18-16-14-12-10-8-6-4-2/h6,8,12,14,18,20,24,26,40,42,48,50,56,58,61-62,65-66H,3-5,7,9-11,13,15-17,19,21-23,25,27-39,41,43-47,49,51-55,57,59-60H2,1-2H3,(H,64,67)/b8-6-,14-12-,20-18-,26-24-,42-40+,50-48+,58-56+. The lowest BCUT2D eigenvalue weighted by Gasteiger charge is -2.19. The Labute approximate surface area is 418 Å². The maximum Gasteiger partial charge on any atom is 0.220 e. The number of unbranched alkanes of at least 4 members (excludes halogenated alkanes) is 34. The SMILES string of the molecule is CC/C=C\C/C=C\C/C=C\C/C=C\CCCCCCCCCCCCCCC(=O)NC(CO)C(O)/C=C/CC/C=C/CC/C=C/CCCCCCCCCCCCCCCCCCCCCC. The molecule has 0 heterocycles. The predicted molar refractivity (Wildman–Crippen MR) is 299 cm³/mol. The highest BCUT2D eigenvalue weighted by Gasteiger charge is 2.18. The maximum absolute atomic E-state index is 12.5. The van der Waals surface area contributed by atoms with Crippen LogP contribution in [0.1, 0.15) is 290 Å². The first kappa shape index (κ1) is 64.6. The van der Waals surface area contributed by atoms with E-state index in [9.17, 15) is 15.0 Å². The summed E-state index contributed by atoms with van der Waals surface area (Å²) in [7, 11) is 0. The first-order chi connectivity index (χ1) is 33.2. The van der Waals surface area contributed by atoms with Crippen LogP contribution in [0.15, 0.2) is 85.1 Å². The molecule has 0 bridgehead atoms. The summed E-state index contributed by atoms with van der Waals surface area (Å²) < 4.78 is 0. The van der Waals surface area contributed by atoms with Gasteiger partial charge in [-0.25, -0.2) is 0 Å². The van der Waals surface area contributed by atoms with Crippen LogP contribution >= 0.6 is 0 Å². The number of rotatable bonds is 53. The van der Waals surface area contributed by atoms with E-state index in [0.29, 0.717) is 6.42 Å². The van der Waals surface area contributed by atoms with Gasteiger partial charge < -0.3 is 15.5 Å². The average Bonchev–Trinajstić information content (AvgIpc) is 3.33. The zero-order valence-electron chi connectivity index (χ0n) is 44.7. The number of amides is 1. The first-order valence-electron chi connectivity index (χ1n) is 29.3. The normalized spacial score (nSPS) is 13.4. The zero-order chi connectivity index (χ0) is 48.5. The number of hydrogen-bond acceptors (Lipinski definition) is 3. The molecule has 0 spiro atoms. The molecule has 0 aromatic rings. The molecule has 0 aliphatic rings. The highest BCUT2D eigenvalue weighted by atomic mass is 16.3. The van der Waals surface area contributed by atoms with Crippen LogP contribution < -0.4 is 5.32 Å². The van der Waals surface area contributed by atoms with Crippen LogP contribution in [-0.4, -0.2) is 34.9 Å². The molecule has 0 radical (unpaired) electrons. The molecule has 0 fully saturated rings. The van der Waals surface area contributed by atoms with Crippen LogP contribution in [0.5, 0.6) is 0 Å². The Hall–Kier alpha value is -2.43. The van der Waals surface area contributed by atoms with E-state index in [1.165, 1.54) is 205 Å². The lowest BCUT2D eigenvalue weighted by atomic mass is 10.0.